The van der Waals surface area contributed by atoms with Gasteiger partial charge in [0.2, 0.25) is 0 Å². The molecule has 1 aliphatic heterocycles. The summed E-state index contributed by atoms with van der Waals surface area (Å²) in [6.07, 6.45) is 5.92. The Morgan fingerprint density at radius 2 is 1.69 bits per heavy atom. The molecule has 0 amide bonds. The zero-order chi connectivity index (χ0) is 18.1. The lowest BCUT2D eigenvalue weighted by Crippen LogP contribution is -2.00. The molecule has 0 spiro atoms. The highest BCUT2D eigenvalue weighted by Crippen LogP contribution is 2.37. The second-order valence-corrected chi connectivity index (χ2v) is 6.23. The molecule has 26 heavy (non-hydrogen) atoms. The minimum absolute atomic E-state index is 0.256. The molecule has 0 bridgehead atoms. The van der Waals surface area contributed by atoms with E-state index in [9.17, 15) is 4.39 Å². The van der Waals surface area contributed by atoms with Crippen molar-refractivity contribution in [2.45, 2.75) is 13.3 Å². The Morgan fingerprint density at radius 1 is 0.962 bits per heavy atom. The van der Waals surface area contributed by atoms with Gasteiger partial charge in [0.05, 0.1) is 11.4 Å². The van der Waals surface area contributed by atoms with Gasteiger partial charge in [-0.25, -0.2) is 9.37 Å². The molecule has 0 atom stereocenters. The van der Waals surface area contributed by atoms with Crippen LogP contribution in [0, 0.1) is 12.7 Å². The van der Waals surface area contributed by atoms with E-state index in [1.807, 2.05) is 25.1 Å². The van der Waals surface area contributed by atoms with E-state index in [2.05, 4.69) is 9.97 Å². The van der Waals surface area contributed by atoms with E-state index in [0.717, 1.165) is 39.2 Å². The molecule has 0 radical (unpaired) electrons. The fraction of sp³-hybridized carbons (Fsp3) is 0.0952. The smallest absolute Gasteiger partial charge is 0.126 e. The van der Waals surface area contributed by atoms with Gasteiger partial charge in [0, 0.05) is 30.6 Å². The third-order valence-corrected chi connectivity index (χ3v) is 4.48. The number of anilines is 1. The molecule has 2 aromatic heterocycles. The summed E-state index contributed by atoms with van der Waals surface area (Å²) in [7, 11) is 0. The van der Waals surface area contributed by atoms with Crippen LogP contribution in [0.2, 0.25) is 0 Å². The Bertz CT molecular complexity index is 1020. The number of aliphatic imine (C=N–C) groups is 1. The van der Waals surface area contributed by atoms with Crippen molar-refractivity contribution in [2.75, 3.05) is 5.73 Å². The Kier molecular flexibility index (Phi) is 4.05. The van der Waals surface area contributed by atoms with Gasteiger partial charge < -0.3 is 5.73 Å². The van der Waals surface area contributed by atoms with Crippen molar-refractivity contribution in [3.05, 3.63) is 89.1 Å². The molecule has 4 rings (SSSR count). The van der Waals surface area contributed by atoms with Gasteiger partial charge in [0.25, 0.3) is 0 Å². The molecule has 0 saturated carbocycles. The van der Waals surface area contributed by atoms with E-state index >= 15 is 0 Å². The molecule has 1 aliphatic rings. The predicted octanol–water partition coefficient (Wildman–Crippen LogP) is 4.27. The van der Waals surface area contributed by atoms with Gasteiger partial charge in [0.1, 0.15) is 11.6 Å². The number of halogens is 1. The van der Waals surface area contributed by atoms with Gasteiger partial charge in [-0.1, -0.05) is 12.1 Å². The molecule has 5 heteroatoms. The fourth-order valence-electron chi connectivity index (χ4n) is 3.04. The number of nitrogen functional groups attached to an aromatic ring is 1. The summed E-state index contributed by atoms with van der Waals surface area (Å²) >= 11 is 0. The molecular weight excluding hydrogens is 327 g/mol. The van der Waals surface area contributed by atoms with E-state index in [1.54, 1.807) is 30.7 Å². The van der Waals surface area contributed by atoms with Gasteiger partial charge in [0.15, 0.2) is 0 Å². The SMILES string of the molecule is Cc1cc(C2=C(c3ccncc3)N=C(c3ccc(F)cc3)C2)cnc1N. The van der Waals surface area contributed by atoms with Crippen LogP contribution in [0.15, 0.2) is 66.0 Å². The largest absolute Gasteiger partial charge is 0.383 e. The summed E-state index contributed by atoms with van der Waals surface area (Å²) in [6, 6.07) is 12.3. The van der Waals surface area contributed by atoms with Crippen molar-refractivity contribution in [1.29, 1.82) is 0 Å². The van der Waals surface area contributed by atoms with Gasteiger partial charge in [-0.05, 0) is 59.5 Å². The highest BCUT2D eigenvalue weighted by Gasteiger charge is 2.22. The van der Waals surface area contributed by atoms with E-state index in [1.165, 1.54) is 12.1 Å². The molecular formula is C21H17FN4. The zero-order valence-electron chi connectivity index (χ0n) is 14.3. The maximum atomic E-state index is 13.3. The van der Waals surface area contributed by atoms with Crippen molar-refractivity contribution in [2.24, 2.45) is 4.99 Å². The molecule has 1 aromatic carbocycles. The van der Waals surface area contributed by atoms with Crippen molar-refractivity contribution in [3.8, 4) is 0 Å². The quantitative estimate of drug-likeness (QED) is 0.772. The summed E-state index contributed by atoms with van der Waals surface area (Å²) < 4.78 is 13.3. The van der Waals surface area contributed by atoms with Crippen molar-refractivity contribution >= 4 is 22.8 Å². The Morgan fingerprint density at radius 3 is 2.38 bits per heavy atom. The topological polar surface area (TPSA) is 64.2 Å². The van der Waals surface area contributed by atoms with Crippen LogP contribution in [0.5, 0.6) is 0 Å². The second-order valence-electron chi connectivity index (χ2n) is 6.23. The van der Waals surface area contributed by atoms with E-state index in [-0.39, 0.29) is 5.82 Å². The molecule has 128 valence electrons. The summed E-state index contributed by atoms with van der Waals surface area (Å²) in [5.41, 5.74) is 12.5. The number of allylic oxidation sites excluding steroid dienone is 1. The molecule has 0 unspecified atom stereocenters. The third-order valence-electron chi connectivity index (χ3n) is 4.48. The Balaban J connectivity index is 1.81. The lowest BCUT2D eigenvalue weighted by molar-refractivity contribution is 0.628. The number of hydrogen-bond acceptors (Lipinski definition) is 4. The minimum Gasteiger partial charge on any atom is -0.383 e. The van der Waals surface area contributed by atoms with Crippen LogP contribution in [-0.2, 0) is 0 Å². The van der Waals surface area contributed by atoms with Crippen LogP contribution in [0.1, 0.15) is 28.7 Å². The first-order chi connectivity index (χ1) is 12.6. The summed E-state index contributed by atoms with van der Waals surface area (Å²) in [6.45, 7) is 1.94. The maximum Gasteiger partial charge on any atom is 0.126 e. The lowest BCUT2D eigenvalue weighted by atomic mass is 9.96. The molecule has 0 saturated heterocycles. The Hall–Kier alpha value is -3.34. The van der Waals surface area contributed by atoms with Crippen LogP contribution in [0.25, 0.3) is 11.3 Å². The predicted molar refractivity (Wildman–Crippen MR) is 102 cm³/mol. The number of benzene rings is 1. The van der Waals surface area contributed by atoms with Crippen LogP contribution < -0.4 is 5.73 Å². The van der Waals surface area contributed by atoms with Crippen molar-refractivity contribution in [3.63, 3.8) is 0 Å². The Labute approximate surface area is 151 Å². The first kappa shape index (κ1) is 16.1. The highest BCUT2D eigenvalue weighted by molar-refractivity contribution is 6.16. The summed E-state index contributed by atoms with van der Waals surface area (Å²) in [4.78, 5) is 13.2. The van der Waals surface area contributed by atoms with Gasteiger partial charge in [-0.15, -0.1) is 0 Å². The van der Waals surface area contributed by atoms with Gasteiger partial charge in [-0.2, -0.15) is 0 Å². The average Bonchev–Trinajstić information content (AvgIpc) is 3.11. The number of nitrogens with two attached hydrogens (primary N) is 1. The standard InChI is InChI=1S/C21H17FN4/c1-13-10-16(12-25-21(13)23)18-11-19(14-2-4-17(22)5-3-14)26-20(18)15-6-8-24-9-7-15/h2-10,12H,11H2,1H3,(H2,23,25). The third kappa shape index (κ3) is 2.99. The molecule has 0 fully saturated rings. The number of aromatic nitrogens is 2. The second kappa shape index (κ2) is 6.52. The molecule has 4 nitrogen and oxygen atoms in total. The van der Waals surface area contributed by atoms with Gasteiger partial charge >= 0.3 is 0 Å². The first-order valence-electron chi connectivity index (χ1n) is 8.31. The minimum atomic E-state index is -0.256. The van der Waals surface area contributed by atoms with Crippen LogP contribution in [0.3, 0.4) is 0 Å². The number of nitrogens with zero attached hydrogens (tertiary/aromatic N) is 3. The van der Waals surface area contributed by atoms with E-state index in [0.29, 0.717) is 12.2 Å². The number of rotatable bonds is 3. The van der Waals surface area contributed by atoms with Crippen LogP contribution in [0.4, 0.5) is 10.2 Å². The number of hydrogen-bond donors (Lipinski definition) is 1. The van der Waals surface area contributed by atoms with E-state index < -0.39 is 0 Å². The molecule has 3 aromatic rings. The molecule has 3 heterocycles. The lowest BCUT2D eigenvalue weighted by Gasteiger charge is -2.08. The summed E-state index contributed by atoms with van der Waals surface area (Å²) in [5.74, 6) is 0.269. The maximum absolute atomic E-state index is 13.3. The molecule has 2 N–H and O–H groups in total. The van der Waals surface area contributed by atoms with Crippen molar-refractivity contribution < 1.29 is 4.39 Å². The van der Waals surface area contributed by atoms with Crippen LogP contribution in [-0.4, -0.2) is 15.7 Å². The number of aryl methyl sites for hydroxylation is 1. The fourth-order valence-corrected chi connectivity index (χ4v) is 3.04. The zero-order valence-corrected chi connectivity index (χ0v) is 14.3. The first-order valence-corrected chi connectivity index (χ1v) is 8.31. The average molecular weight is 344 g/mol. The summed E-state index contributed by atoms with van der Waals surface area (Å²) in [5, 5.41) is 0. The van der Waals surface area contributed by atoms with Gasteiger partial charge in [-0.3, -0.25) is 9.98 Å². The highest BCUT2D eigenvalue weighted by atomic mass is 19.1. The van der Waals surface area contributed by atoms with Crippen molar-refractivity contribution in [1.82, 2.24) is 9.97 Å². The normalized spacial score (nSPS) is 13.8. The number of pyridine rings is 2. The monoisotopic (exact) mass is 344 g/mol. The molecule has 0 aliphatic carbocycles. The van der Waals surface area contributed by atoms with E-state index in [4.69, 9.17) is 10.7 Å². The van der Waals surface area contributed by atoms with Crippen LogP contribution >= 0.6 is 0 Å².